The third-order valence-electron chi connectivity index (χ3n) is 5.22. The van der Waals surface area contributed by atoms with Gasteiger partial charge in [0.2, 0.25) is 0 Å². The molecule has 162 valence electrons. The van der Waals surface area contributed by atoms with Crippen LogP contribution in [0.2, 0.25) is 5.15 Å². The predicted octanol–water partition coefficient (Wildman–Crippen LogP) is 3.33. The van der Waals surface area contributed by atoms with E-state index in [0.29, 0.717) is 22.3 Å². The molecule has 10 nitrogen and oxygen atoms in total. The number of fused-ring (bicyclic) bond motifs is 1. The van der Waals surface area contributed by atoms with Crippen molar-refractivity contribution in [2.24, 2.45) is 5.11 Å². The average molecular weight is 448 g/mol. The third-order valence-corrected chi connectivity index (χ3v) is 5.42. The van der Waals surface area contributed by atoms with Crippen molar-refractivity contribution >= 4 is 28.3 Å². The van der Waals surface area contributed by atoms with Crippen LogP contribution < -0.4 is 5.32 Å². The number of hydrogen-bond donors (Lipinski definition) is 3. The largest absolute Gasteiger partial charge is 0.394 e. The first-order chi connectivity index (χ1) is 14.9. The Morgan fingerprint density at radius 3 is 2.94 bits per heavy atom. The molecule has 4 rings (SSSR count). The Balaban J connectivity index is 1.73. The van der Waals surface area contributed by atoms with Gasteiger partial charge < -0.3 is 20.3 Å². The summed E-state index contributed by atoms with van der Waals surface area (Å²) in [5, 5.41) is 31.6. The molecule has 1 fully saturated rings. The molecule has 1 aromatic carbocycles. The number of ether oxygens (including phenoxy) is 1. The fourth-order valence-corrected chi connectivity index (χ4v) is 3.89. The summed E-state index contributed by atoms with van der Waals surface area (Å²) in [4.78, 5) is 7.06. The van der Waals surface area contributed by atoms with Crippen molar-refractivity contribution in [3.8, 4) is 0 Å². The van der Waals surface area contributed by atoms with Gasteiger partial charge in [-0.15, -0.1) is 0 Å². The average Bonchev–Trinajstić information content (AvgIpc) is 3.29. The first-order valence-electron chi connectivity index (χ1n) is 9.48. The van der Waals surface area contributed by atoms with E-state index in [-0.39, 0.29) is 17.0 Å². The molecule has 0 spiro atoms. The van der Waals surface area contributed by atoms with Gasteiger partial charge in [0, 0.05) is 10.5 Å². The number of benzene rings is 1. The van der Waals surface area contributed by atoms with E-state index in [9.17, 15) is 14.6 Å². The lowest BCUT2D eigenvalue weighted by Gasteiger charge is -2.18. The SMILES string of the molecule is CC(Nc1cc(Cl)nc2c1cnn2[C@@H]1O[C@H](CO)[C@@H](O)[C@H]1N=[N+]=[N-])c1ccccc1F. The second-order valence-corrected chi connectivity index (χ2v) is 7.53. The Bertz CT molecular complexity index is 1150. The number of halogens is 2. The maximum atomic E-state index is 14.2. The molecule has 1 unspecified atom stereocenters. The Hall–Kier alpha value is -2.95. The van der Waals surface area contributed by atoms with Crippen LogP contribution in [0, 0.1) is 5.82 Å². The van der Waals surface area contributed by atoms with Crippen molar-refractivity contribution in [3.05, 3.63) is 63.5 Å². The fraction of sp³-hybridized carbons (Fsp3) is 0.368. The molecule has 31 heavy (non-hydrogen) atoms. The number of azide groups is 1. The van der Waals surface area contributed by atoms with Crippen LogP contribution in [-0.4, -0.2) is 49.8 Å². The molecule has 1 saturated heterocycles. The van der Waals surface area contributed by atoms with Crippen molar-refractivity contribution < 1.29 is 19.3 Å². The molecule has 0 radical (unpaired) electrons. The van der Waals surface area contributed by atoms with Crippen LogP contribution in [-0.2, 0) is 4.74 Å². The number of rotatable bonds is 6. The van der Waals surface area contributed by atoms with Gasteiger partial charge in [-0.3, -0.25) is 0 Å². The number of hydrogen-bond acceptors (Lipinski definition) is 7. The van der Waals surface area contributed by atoms with Gasteiger partial charge in [-0.05, 0) is 24.6 Å². The molecule has 3 aromatic rings. The second-order valence-electron chi connectivity index (χ2n) is 7.14. The molecule has 1 aliphatic rings. The third kappa shape index (κ3) is 3.89. The Kier molecular flexibility index (Phi) is 5.94. The van der Waals surface area contributed by atoms with E-state index < -0.39 is 31.1 Å². The second kappa shape index (κ2) is 8.66. The molecule has 0 bridgehead atoms. The van der Waals surface area contributed by atoms with Crippen LogP contribution in [0.5, 0.6) is 0 Å². The summed E-state index contributed by atoms with van der Waals surface area (Å²) in [7, 11) is 0. The molecule has 0 amide bonds. The molecule has 3 heterocycles. The number of aliphatic hydroxyl groups is 2. The summed E-state index contributed by atoms with van der Waals surface area (Å²) < 4.78 is 21.2. The van der Waals surface area contributed by atoms with Crippen molar-refractivity contribution in [2.75, 3.05) is 11.9 Å². The maximum absolute atomic E-state index is 14.2. The van der Waals surface area contributed by atoms with Gasteiger partial charge >= 0.3 is 0 Å². The number of aliphatic hydroxyl groups excluding tert-OH is 2. The van der Waals surface area contributed by atoms with E-state index >= 15 is 0 Å². The number of nitrogens with zero attached hydrogens (tertiary/aromatic N) is 6. The van der Waals surface area contributed by atoms with Crippen LogP contribution in [0.25, 0.3) is 21.5 Å². The number of anilines is 1. The lowest BCUT2D eigenvalue weighted by atomic mass is 10.1. The van der Waals surface area contributed by atoms with Crippen molar-refractivity contribution in [1.29, 1.82) is 0 Å². The topological polar surface area (TPSA) is 141 Å². The molecule has 0 saturated carbocycles. The first kappa shape index (κ1) is 21.3. The summed E-state index contributed by atoms with van der Waals surface area (Å²) in [6.07, 6.45) is -1.64. The van der Waals surface area contributed by atoms with Gasteiger partial charge in [0.1, 0.15) is 23.1 Å². The van der Waals surface area contributed by atoms with Crippen LogP contribution in [0.3, 0.4) is 0 Å². The van der Waals surface area contributed by atoms with E-state index in [1.54, 1.807) is 24.3 Å². The predicted molar refractivity (Wildman–Crippen MR) is 111 cm³/mol. The Morgan fingerprint density at radius 2 is 2.23 bits per heavy atom. The summed E-state index contributed by atoms with van der Waals surface area (Å²) >= 11 is 6.22. The molecular weight excluding hydrogens is 429 g/mol. The first-order valence-corrected chi connectivity index (χ1v) is 9.85. The van der Waals surface area contributed by atoms with Gasteiger partial charge in [-0.1, -0.05) is 34.9 Å². The van der Waals surface area contributed by atoms with E-state index in [4.69, 9.17) is 21.9 Å². The van der Waals surface area contributed by atoms with Gasteiger partial charge in [-0.2, -0.15) is 5.10 Å². The Labute approximate surface area is 180 Å². The summed E-state index contributed by atoms with van der Waals surface area (Å²) in [5.74, 6) is -0.338. The van der Waals surface area contributed by atoms with E-state index in [1.165, 1.54) is 16.9 Å². The number of pyridine rings is 1. The zero-order chi connectivity index (χ0) is 22.1. The van der Waals surface area contributed by atoms with Gasteiger partial charge in [0.25, 0.3) is 0 Å². The monoisotopic (exact) mass is 447 g/mol. The molecular formula is C19H19ClFN7O3. The Morgan fingerprint density at radius 1 is 1.45 bits per heavy atom. The molecule has 0 aliphatic carbocycles. The maximum Gasteiger partial charge on any atom is 0.164 e. The fourth-order valence-electron chi connectivity index (χ4n) is 3.70. The zero-order valence-electron chi connectivity index (χ0n) is 16.3. The number of nitrogens with one attached hydrogen (secondary N) is 1. The van der Waals surface area contributed by atoms with Crippen LogP contribution >= 0.6 is 11.6 Å². The molecule has 5 atom stereocenters. The van der Waals surface area contributed by atoms with E-state index in [1.807, 2.05) is 6.92 Å². The van der Waals surface area contributed by atoms with Crippen LogP contribution in [0.1, 0.15) is 24.8 Å². The highest BCUT2D eigenvalue weighted by Crippen LogP contribution is 2.36. The van der Waals surface area contributed by atoms with Gasteiger partial charge in [0.15, 0.2) is 11.9 Å². The van der Waals surface area contributed by atoms with Crippen LogP contribution in [0.4, 0.5) is 10.1 Å². The number of aromatic nitrogens is 3. The van der Waals surface area contributed by atoms with Crippen molar-refractivity contribution in [2.45, 2.75) is 37.4 Å². The lowest BCUT2D eigenvalue weighted by Crippen LogP contribution is -2.32. The smallest absolute Gasteiger partial charge is 0.164 e. The summed E-state index contributed by atoms with van der Waals surface area (Å²) in [6, 6.07) is 6.62. The van der Waals surface area contributed by atoms with Crippen LogP contribution in [0.15, 0.2) is 41.6 Å². The minimum Gasteiger partial charge on any atom is -0.394 e. The van der Waals surface area contributed by atoms with E-state index in [2.05, 4.69) is 25.4 Å². The highest BCUT2D eigenvalue weighted by molar-refractivity contribution is 6.30. The van der Waals surface area contributed by atoms with Crippen molar-refractivity contribution in [3.63, 3.8) is 0 Å². The molecule has 1 aliphatic heterocycles. The molecule has 2 aromatic heterocycles. The highest BCUT2D eigenvalue weighted by Gasteiger charge is 2.45. The summed E-state index contributed by atoms with van der Waals surface area (Å²) in [6.45, 7) is 1.35. The van der Waals surface area contributed by atoms with Gasteiger partial charge in [-0.25, -0.2) is 14.1 Å². The quantitative estimate of drug-likeness (QED) is 0.229. The lowest BCUT2D eigenvalue weighted by molar-refractivity contribution is -0.0476. The highest BCUT2D eigenvalue weighted by atomic mass is 35.5. The van der Waals surface area contributed by atoms with E-state index in [0.717, 1.165) is 0 Å². The standard InChI is InChI=1S/C19H19ClFN7O3/c1-9(10-4-2-3-5-12(10)21)24-13-6-15(20)25-18-11(13)7-23-28(18)19-16(26-27-22)17(30)14(8-29)31-19/h2-7,9,14,16-17,19,29-30H,8H2,1H3,(H,24,25)/t9?,14-,16-,17-,19-/m1/s1. The normalized spacial score (nSPS) is 24.2. The molecule has 3 N–H and O–H groups in total. The van der Waals surface area contributed by atoms with Gasteiger partial charge in [0.05, 0.1) is 36.0 Å². The minimum absolute atomic E-state index is 0.148. The zero-order valence-corrected chi connectivity index (χ0v) is 17.1. The molecule has 12 heteroatoms. The summed E-state index contributed by atoms with van der Waals surface area (Å²) in [5.41, 5.74) is 10.2. The van der Waals surface area contributed by atoms with Crippen molar-refractivity contribution in [1.82, 2.24) is 14.8 Å². The minimum atomic E-state index is -1.22.